The average molecular weight is 381 g/mol. The quantitative estimate of drug-likeness (QED) is 0.702. The molecule has 2 aromatic carbocycles. The van der Waals surface area contributed by atoms with E-state index in [1.165, 1.54) is 11.6 Å². The van der Waals surface area contributed by atoms with Crippen LogP contribution in [-0.4, -0.2) is 10.5 Å². The van der Waals surface area contributed by atoms with Crippen molar-refractivity contribution in [2.75, 3.05) is 5.32 Å². The predicted octanol–water partition coefficient (Wildman–Crippen LogP) is 4.61. The number of carbonyl (C=O) groups excluding carboxylic acids is 1. The summed E-state index contributed by atoms with van der Waals surface area (Å²) in [6.45, 7) is 4.38. The number of pyridine rings is 1. The summed E-state index contributed by atoms with van der Waals surface area (Å²) in [5.74, 6) is -0.445. The van der Waals surface area contributed by atoms with Gasteiger partial charge >= 0.3 is 0 Å². The lowest BCUT2D eigenvalue weighted by molar-refractivity contribution is 0.102. The summed E-state index contributed by atoms with van der Waals surface area (Å²) in [4.78, 5) is 25.3. The Labute approximate surface area is 163 Å². The van der Waals surface area contributed by atoms with Gasteiger partial charge in [0.25, 0.3) is 5.91 Å². The second kappa shape index (κ2) is 8.23. The zero-order valence-electron chi connectivity index (χ0n) is 15.3. The van der Waals surface area contributed by atoms with Gasteiger partial charge in [-0.3, -0.25) is 9.59 Å². The molecule has 0 fully saturated rings. The van der Waals surface area contributed by atoms with E-state index in [4.69, 9.17) is 11.6 Å². The molecule has 138 valence electrons. The van der Waals surface area contributed by atoms with Crippen molar-refractivity contribution in [3.05, 3.63) is 98.4 Å². The lowest BCUT2D eigenvalue weighted by Gasteiger charge is -2.18. The van der Waals surface area contributed by atoms with Gasteiger partial charge in [0.15, 0.2) is 5.43 Å². The number of para-hydroxylation sites is 1. The van der Waals surface area contributed by atoms with Crippen LogP contribution in [0, 0.1) is 13.8 Å². The molecule has 5 heteroatoms. The van der Waals surface area contributed by atoms with E-state index in [1.54, 1.807) is 31.2 Å². The SMILES string of the molecule is Cc1cc(=O)c(C(=O)Nc2ccccc2Cl)c(C)n1CCc1ccccc1. The van der Waals surface area contributed by atoms with Gasteiger partial charge in [-0.1, -0.05) is 54.1 Å². The van der Waals surface area contributed by atoms with Gasteiger partial charge in [0.2, 0.25) is 0 Å². The molecule has 3 aromatic rings. The van der Waals surface area contributed by atoms with E-state index in [2.05, 4.69) is 17.4 Å². The van der Waals surface area contributed by atoms with Crippen molar-refractivity contribution in [3.8, 4) is 0 Å². The summed E-state index contributed by atoms with van der Waals surface area (Å²) >= 11 is 6.11. The molecule has 1 N–H and O–H groups in total. The van der Waals surface area contributed by atoms with E-state index in [9.17, 15) is 9.59 Å². The molecule has 4 nitrogen and oxygen atoms in total. The first kappa shape index (κ1) is 18.9. The van der Waals surface area contributed by atoms with Crippen molar-refractivity contribution in [3.63, 3.8) is 0 Å². The number of rotatable bonds is 5. The third-order valence-electron chi connectivity index (χ3n) is 4.59. The fourth-order valence-electron chi connectivity index (χ4n) is 3.17. The number of aromatic nitrogens is 1. The van der Waals surface area contributed by atoms with E-state index in [0.717, 1.165) is 12.1 Å². The number of hydrogen-bond acceptors (Lipinski definition) is 2. The molecular weight excluding hydrogens is 360 g/mol. The maximum absolute atomic E-state index is 12.8. The molecule has 0 bridgehead atoms. The summed E-state index contributed by atoms with van der Waals surface area (Å²) < 4.78 is 2.01. The molecule has 0 spiro atoms. The minimum absolute atomic E-state index is 0.147. The van der Waals surface area contributed by atoms with E-state index in [-0.39, 0.29) is 11.0 Å². The van der Waals surface area contributed by atoms with E-state index in [0.29, 0.717) is 22.9 Å². The Morgan fingerprint density at radius 2 is 1.70 bits per heavy atom. The molecule has 0 radical (unpaired) electrons. The standard InChI is InChI=1S/C22H21ClN2O2/c1-15-14-20(26)21(22(27)24-19-11-7-6-10-18(19)23)16(2)25(15)13-12-17-8-4-3-5-9-17/h3-11,14H,12-13H2,1-2H3,(H,24,27). The number of halogens is 1. The molecule has 3 rings (SSSR count). The highest BCUT2D eigenvalue weighted by molar-refractivity contribution is 6.33. The molecule has 0 unspecified atom stereocenters. The molecule has 0 aliphatic carbocycles. The number of benzene rings is 2. The van der Waals surface area contributed by atoms with Crippen LogP contribution in [0.2, 0.25) is 5.02 Å². The second-order valence-corrected chi connectivity index (χ2v) is 6.84. The van der Waals surface area contributed by atoms with Crippen molar-refractivity contribution in [1.82, 2.24) is 4.57 Å². The first-order valence-electron chi connectivity index (χ1n) is 8.78. The first-order chi connectivity index (χ1) is 13.0. The van der Waals surface area contributed by atoms with Crippen LogP contribution in [0.4, 0.5) is 5.69 Å². The maximum Gasteiger partial charge on any atom is 0.261 e. The van der Waals surface area contributed by atoms with Crippen LogP contribution in [0.25, 0.3) is 0 Å². The van der Waals surface area contributed by atoms with E-state index in [1.807, 2.05) is 29.7 Å². The molecular formula is C22H21ClN2O2. The molecule has 0 aliphatic rings. The molecule has 1 heterocycles. The minimum atomic E-state index is -0.445. The van der Waals surface area contributed by atoms with E-state index >= 15 is 0 Å². The number of amides is 1. The van der Waals surface area contributed by atoms with E-state index < -0.39 is 5.91 Å². The van der Waals surface area contributed by atoms with Crippen LogP contribution in [0.15, 0.2) is 65.5 Å². The summed E-state index contributed by atoms with van der Waals surface area (Å²) in [5.41, 5.74) is 3.04. The number of carbonyl (C=O) groups is 1. The van der Waals surface area contributed by atoms with Gasteiger partial charge < -0.3 is 9.88 Å². The Morgan fingerprint density at radius 1 is 1.04 bits per heavy atom. The van der Waals surface area contributed by atoms with Crippen LogP contribution in [0.5, 0.6) is 0 Å². The van der Waals surface area contributed by atoms with Crippen LogP contribution < -0.4 is 10.7 Å². The van der Waals surface area contributed by atoms with Crippen LogP contribution in [-0.2, 0) is 13.0 Å². The minimum Gasteiger partial charge on any atom is -0.348 e. The van der Waals surface area contributed by atoms with Crippen LogP contribution >= 0.6 is 11.6 Å². The van der Waals surface area contributed by atoms with Crippen molar-refractivity contribution in [1.29, 1.82) is 0 Å². The van der Waals surface area contributed by atoms with Crippen molar-refractivity contribution < 1.29 is 4.79 Å². The third kappa shape index (κ3) is 4.29. The van der Waals surface area contributed by atoms with Gasteiger partial charge in [0, 0.05) is 24.0 Å². The largest absolute Gasteiger partial charge is 0.348 e. The lowest BCUT2D eigenvalue weighted by Crippen LogP contribution is -2.27. The first-order valence-corrected chi connectivity index (χ1v) is 9.16. The summed E-state index contributed by atoms with van der Waals surface area (Å²) in [6, 6.07) is 18.6. The van der Waals surface area contributed by atoms with Crippen LogP contribution in [0.1, 0.15) is 27.3 Å². The lowest BCUT2D eigenvalue weighted by atomic mass is 10.1. The molecule has 1 amide bonds. The smallest absolute Gasteiger partial charge is 0.261 e. The number of nitrogens with one attached hydrogen (secondary N) is 1. The van der Waals surface area contributed by atoms with Gasteiger partial charge in [-0.05, 0) is 38.0 Å². The Hall–Kier alpha value is -2.85. The third-order valence-corrected chi connectivity index (χ3v) is 4.92. The second-order valence-electron chi connectivity index (χ2n) is 6.43. The van der Waals surface area contributed by atoms with Gasteiger partial charge in [0.1, 0.15) is 5.56 Å². The maximum atomic E-state index is 12.8. The van der Waals surface area contributed by atoms with Crippen LogP contribution in [0.3, 0.4) is 0 Å². The number of aryl methyl sites for hydroxylation is 2. The van der Waals surface area contributed by atoms with Crippen molar-refractivity contribution in [2.45, 2.75) is 26.8 Å². The normalized spacial score (nSPS) is 10.6. The van der Waals surface area contributed by atoms with Gasteiger partial charge in [-0.15, -0.1) is 0 Å². The topological polar surface area (TPSA) is 51.1 Å². The highest BCUT2D eigenvalue weighted by Gasteiger charge is 2.18. The van der Waals surface area contributed by atoms with Gasteiger partial charge in [-0.2, -0.15) is 0 Å². The molecule has 0 atom stereocenters. The van der Waals surface area contributed by atoms with Crippen molar-refractivity contribution in [2.24, 2.45) is 0 Å². The Kier molecular flexibility index (Phi) is 5.77. The molecule has 0 aliphatic heterocycles. The van der Waals surface area contributed by atoms with Gasteiger partial charge in [0.05, 0.1) is 10.7 Å². The highest BCUT2D eigenvalue weighted by Crippen LogP contribution is 2.21. The molecule has 1 aromatic heterocycles. The number of hydrogen-bond donors (Lipinski definition) is 1. The highest BCUT2D eigenvalue weighted by atomic mass is 35.5. The monoisotopic (exact) mass is 380 g/mol. The Bertz CT molecular complexity index is 1030. The number of nitrogens with zero attached hydrogens (tertiary/aromatic N) is 1. The Balaban J connectivity index is 1.90. The summed E-state index contributed by atoms with van der Waals surface area (Å²) in [7, 11) is 0. The Morgan fingerprint density at radius 3 is 2.41 bits per heavy atom. The fraction of sp³-hybridized carbons (Fsp3) is 0.182. The molecule has 27 heavy (non-hydrogen) atoms. The average Bonchev–Trinajstić information content (AvgIpc) is 2.64. The fourth-order valence-corrected chi connectivity index (χ4v) is 3.35. The summed E-state index contributed by atoms with van der Waals surface area (Å²) in [5, 5.41) is 3.17. The molecule has 0 saturated heterocycles. The zero-order chi connectivity index (χ0) is 19.4. The van der Waals surface area contributed by atoms with Gasteiger partial charge in [-0.25, -0.2) is 0 Å². The zero-order valence-corrected chi connectivity index (χ0v) is 16.1. The summed E-state index contributed by atoms with van der Waals surface area (Å²) in [6.07, 6.45) is 0.816. The molecule has 0 saturated carbocycles. The number of anilines is 1. The predicted molar refractivity (Wildman–Crippen MR) is 110 cm³/mol. The van der Waals surface area contributed by atoms with Crippen molar-refractivity contribution >= 4 is 23.2 Å².